The first-order valence-electron chi connectivity index (χ1n) is 8.36. The molecule has 1 unspecified atom stereocenters. The molecule has 2 aromatic rings. The lowest BCUT2D eigenvalue weighted by Gasteiger charge is -2.28. The van der Waals surface area contributed by atoms with Gasteiger partial charge in [-0.05, 0) is 48.7 Å². The third kappa shape index (κ3) is 5.37. The first-order valence-corrected chi connectivity index (χ1v) is 11.0. The maximum absolute atomic E-state index is 12.7. The van der Waals surface area contributed by atoms with E-state index in [0.717, 1.165) is 16.1 Å². The average molecular weight is 429 g/mol. The Hall–Kier alpha value is -1.76. The van der Waals surface area contributed by atoms with Gasteiger partial charge in [0.2, 0.25) is 15.9 Å². The van der Waals surface area contributed by atoms with E-state index in [1.807, 2.05) is 12.1 Å². The number of halogens is 2. The van der Waals surface area contributed by atoms with E-state index in [1.165, 1.54) is 25.1 Å². The maximum Gasteiger partial charge on any atom is 0.247 e. The van der Waals surface area contributed by atoms with Crippen molar-refractivity contribution in [3.8, 4) is 0 Å². The van der Waals surface area contributed by atoms with Gasteiger partial charge in [0.25, 0.3) is 0 Å². The molecule has 1 amide bonds. The van der Waals surface area contributed by atoms with Gasteiger partial charge in [-0.25, -0.2) is 8.42 Å². The Morgan fingerprint density at radius 2 is 1.59 bits per heavy atom. The molecule has 146 valence electrons. The van der Waals surface area contributed by atoms with Crippen LogP contribution in [-0.2, 0) is 14.8 Å². The van der Waals surface area contributed by atoms with Crippen molar-refractivity contribution in [3.05, 3.63) is 58.1 Å². The maximum atomic E-state index is 12.7. The average Bonchev–Trinajstić information content (AvgIpc) is 2.57. The highest BCUT2D eigenvalue weighted by Crippen LogP contribution is 2.30. The Balaban J connectivity index is 2.28. The minimum absolute atomic E-state index is 0.208. The Labute approximate surface area is 170 Å². The van der Waals surface area contributed by atoms with Crippen LogP contribution in [-0.4, -0.2) is 26.6 Å². The number of carbonyl (C=O) groups is 1. The van der Waals surface area contributed by atoms with Crippen LogP contribution >= 0.6 is 23.2 Å². The van der Waals surface area contributed by atoms with Crippen molar-refractivity contribution in [2.24, 2.45) is 0 Å². The smallest absolute Gasteiger partial charge is 0.247 e. The van der Waals surface area contributed by atoms with Gasteiger partial charge >= 0.3 is 0 Å². The van der Waals surface area contributed by atoms with Crippen molar-refractivity contribution in [2.75, 3.05) is 15.9 Å². The summed E-state index contributed by atoms with van der Waals surface area (Å²) in [5.41, 5.74) is 2.01. The van der Waals surface area contributed by atoms with Crippen molar-refractivity contribution >= 4 is 50.5 Å². The van der Waals surface area contributed by atoms with Crippen molar-refractivity contribution in [1.82, 2.24) is 0 Å². The van der Waals surface area contributed by atoms with Gasteiger partial charge in [-0.15, -0.1) is 0 Å². The standard InChI is InChI=1S/C19H22Cl2N2O3S/c1-12(2)14-5-7-15(8-6-14)22-19(24)13(3)23(27(4,25)26)16-9-10-17(20)18(21)11-16/h5-13H,1-4H3,(H,22,24). The van der Waals surface area contributed by atoms with Crippen molar-refractivity contribution in [2.45, 2.75) is 32.7 Å². The van der Waals surface area contributed by atoms with Gasteiger partial charge in [-0.2, -0.15) is 0 Å². The molecule has 0 aromatic heterocycles. The number of sulfonamides is 1. The predicted octanol–water partition coefficient (Wildman–Crippen LogP) is 4.91. The Morgan fingerprint density at radius 1 is 1.00 bits per heavy atom. The monoisotopic (exact) mass is 428 g/mol. The van der Waals surface area contributed by atoms with E-state index in [-0.39, 0.29) is 10.7 Å². The van der Waals surface area contributed by atoms with E-state index in [4.69, 9.17) is 23.2 Å². The Morgan fingerprint density at radius 3 is 2.07 bits per heavy atom. The second-order valence-electron chi connectivity index (χ2n) is 6.60. The van der Waals surface area contributed by atoms with E-state index in [9.17, 15) is 13.2 Å². The lowest BCUT2D eigenvalue weighted by molar-refractivity contribution is -0.116. The fourth-order valence-corrected chi connectivity index (χ4v) is 4.09. The predicted molar refractivity (Wildman–Crippen MR) is 112 cm³/mol. The van der Waals surface area contributed by atoms with E-state index >= 15 is 0 Å². The van der Waals surface area contributed by atoms with Gasteiger partial charge < -0.3 is 5.32 Å². The van der Waals surface area contributed by atoms with Gasteiger partial charge in [-0.1, -0.05) is 49.2 Å². The molecule has 0 aliphatic rings. The SMILES string of the molecule is CC(C)c1ccc(NC(=O)C(C)N(c2ccc(Cl)c(Cl)c2)S(C)(=O)=O)cc1. The van der Waals surface area contributed by atoms with Crippen LogP contribution in [0, 0.1) is 0 Å². The van der Waals surface area contributed by atoms with Crippen LogP contribution in [0.15, 0.2) is 42.5 Å². The molecule has 0 radical (unpaired) electrons. The van der Waals surface area contributed by atoms with Gasteiger partial charge in [0.05, 0.1) is 22.0 Å². The van der Waals surface area contributed by atoms with Crippen LogP contribution in [0.4, 0.5) is 11.4 Å². The van der Waals surface area contributed by atoms with Crippen LogP contribution in [0.2, 0.25) is 10.0 Å². The molecule has 5 nitrogen and oxygen atoms in total. The topological polar surface area (TPSA) is 66.5 Å². The fraction of sp³-hybridized carbons (Fsp3) is 0.316. The number of benzene rings is 2. The molecule has 2 aromatic carbocycles. The molecular weight excluding hydrogens is 407 g/mol. The zero-order chi connectivity index (χ0) is 20.4. The summed E-state index contributed by atoms with van der Waals surface area (Å²) >= 11 is 11.9. The van der Waals surface area contributed by atoms with Gasteiger partial charge in [0.1, 0.15) is 6.04 Å². The Kier molecular flexibility index (Phi) is 6.78. The lowest BCUT2D eigenvalue weighted by Crippen LogP contribution is -2.45. The molecule has 0 bridgehead atoms. The summed E-state index contributed by atoms with van der Waals surface area (Å²) < 4.78 is 25.7. The minimum Gasteiger partial charge on any atom is -0.324 e. The second kappa shape index (κ2) is 8.50. The summed E-state index contributed by atoms with van der Waals surface area (Å²) in [6.07, 6.45) is 1.04. The van der Waals surface area contributed by atoms with Gasteiger partial charge in [-0.3, -0.25) is 9.10 Å². The highest BCUT2D eigenvalue weighted by molar-refractivity contribution is 7.92. The summed E-state index contributed by atoms with van der Waals surface area (Å²) in [5, 5.41) is 3.26. The van der Waals surface area contributed by atoms with E-state index in [0.29, 0.717) is 16.6 Å². The molecule has 8 heteroatoms. The minimum atomic E-state index is -3.73. The Bertz CT molecular complexity index is 928. The molecule has 0 aliphatic carbocycles. The van der Waals surface area contributed by atoms with Crippen molar-refractivity contribution < 1.29 is 13.2 Å². The molecule has 0 spiro atoms. The normalized spacial score (nSPS) is 12.7. The quantitative estimate of drug-likeness (QED) is 0.710. The van der Waals surface area contributed by atoms with E-state index in [1.54, 1.807) is 12.1 Å². The number of nitrogens with one attached hydrogen (secondary N) is 1. The number of rotatable bonds is 6. The number of nitrogens with zero attached hydrogens (tertiary/aromatic N) is 1. The molecule has 0 fully saturated rings. The van der Waals surface area contributed by atoms with E-state index in [2.05, 4.69) is 19.2 Å². The first kappa shape index (κ1) is 21.5. The van der Waals surface area contributed by atoms with Crippen LogP contribution in [0.5, 0.6) is 0 Å². The van der Waals surface area contributed by atoms with Crippen LogP contribution in [0.25, 0.3) is 0 Å². The zero-order valence-corrected chi connectivity index (χ0v) is 17.9. The third-order valence-corrected chi connectivity index (χ3v) is 6.07. The number of carbonyl (C=O) groups excluding carboxylic acids is 1. The largest absolute Gasteiger partial charge is 0.324 e. The summed E-state index contributed by atoms with van der Waals surface area (Å²) in [7, 11) is -3.73. The van der Waals surface area contributed by atoms with Gasteiger partial charge in [0.15, 0.2) is 0 Å². The molecule has 0 saturated carbocycles. The van der Waals surface area contributed by atoms with Crippen LogP contribution < -0.4 is 9.62 Å². The van der Waals surface area contributed by atoms with Crippen LogP contribution in [0.3, 0.4) is 0 Å². The molecular formula is C19H22Cl2N2O3S. The highest BCUT2D eigenvalue weighted by Gasteiger charge is 2.29. The zero-order valence-electron chi connectivity index (χ0n) is 15.5. The molecule has 1 atom stereocenters. The molecule has 0 aliphatic heterocycles. The summed E-state index contributed by atoms with van der Waals surface area (Å²) in [6.45, 7) is 5.68. The van der Waals surface area contributed by atoms with Crippen molar-refractivity contribution in [3.63, 3.8) is 0 Å². The van der Waals surface area contributed by atoms with Crippen LogP contribution in [0.1, 0.15) is 32.3 Å². The molecule has 0 saturated heterocycles. The summed E-state index contributed by atoms with van der Waals surface area (Å²) in [4.78, 5) is 12.7. The fourth-order valence-electron chi connectivity index (χ4n) is 2.63. The van der Waals surface area contributed by atoms with E-state index < -0.39 is 22.0 Å². The first-order chi connectivity index (χ1) is 12.5. The molecule has 2 rings (SSSR count). The molecule has 1 N–H and O–H groups in total. The summed E-state index contributed by atoms with van der Waals surface area (Å²) in [5.74, 6) is -0.0761. The molecule has 0 heterocycles. The van der Waals surface area contributed by atoms with Crippen molar-refractivity contribution in [1.29, 1.82) is 0 Å². The molecule has 27 heavy (non-hydrogen) atoms. The summed E-state index contributed by atoms with van der Waals surface area (Å²) in [6, 6.07) is 10.9. The highest BCUT2D eigenvalue weighted by atomic mass is 35.5. The lowest BCUT2D eigenvalue weighted by atomic mass is 10.0. The second-order valence-corrected chi connectivity index (χ2v) is 9.27. The third-order valence-electron chi connectivity index (χ3n) is 4.09. The number of amides is 1. The number of anilines is 2. The van der Waals surface area contributed by atoms with Gasteiger partial charge in [0, 0.05) is 5.69 Å². The number of hydrogen-bond donors (Lipinski definition) is 1. The number of hydrogen-bond acceptors (Lipinski definition) is 3.